The van der Waals surface area contributed by atoms with Crippen LogP contribution < -0.4 is 5.73 Å². The number of nitrogens with two attached hydrogens (primary N) is 1. The lowest BCUT2D eigenvalue weighted by molar-refractivity contribution is -0.135. The maximum atomic E-state index is 12.4. The molecule has 0 aromatic heterocycles. The zero-order valence-electron chi connectivity index (χ0n) is 12.4. The molecule has 2 fully saturated rings. The summed E-state index contributed by atoms with van der Waals surface area (Å²) in [6.45, 7) is 3.80. The van der Waals surface area contributed by atoms with Gasteiger partial charge in [-0.1, -0.05) is 32.1 Å². The molecule has 3 nitrogen and oxygen atoms in total. The van der Waals surface area contributed by atoms with Crippen LogP contribution >= 0.6 is 0 Å². The zero-order chi connectivity index (χ0) is 13.7. The first-order valence-electron chi connectivity index (χ1n) is 8.20. The van der Waals surface area contributed by atoms with Crippen LogP contribution in [0.1, 0.15) is 64.7 Å². The molecule has 0 aromatic carbocycles. The van der Waals surface area contributed by atoms with Crippen molar-refractivity contribution in [3.63, 3.8) is 0 Å². The first-order valence-corrected chi connectivity index (χ1v) is 8.20. The van der Waals surface area contributed by atoms with Gasteiger partial charge < -0.3 is 10.6 Å². The Morgan fingerprint density at radius 2 is 1.84 bits per heavy atom. The summed E-state index contributed by atoms with van der Waals surface area (Å²) in [6, 6.07) is 0.418. The number of piperidine rings is 1. The Hall–Kier alpha value is -0.570. The van der Waals surface area contributed by atoms with E-state index in [2.05, 4.69) is 11.8 Å². The summed E-state index contributed by atoms with van der Waals surface area (Å²) < 4.78 is 0. The van der Waals surface area contributed by atoms with E-state index in [1.54, 1.807) is 0 Å². The number of nitrogens with zero attached hydrogens (tertiary/aromatic N) is 1. The number of carbonyl (C=O) groups excluding carboxylic acids is 1. The highest BCUT2D eigenvalue weighted by Crippen LogP contribution is 2.28. The van der Waals surface area contributed by atoms with Gasteiger partial charge in [0.2, 0.25) is 5.91 Å². The second kappa shape index (κ2) is 7.28. The maximum absolute atomic E-state index is 12.4. The second-order valence-corrected chi connectivity index (χ2v) is 6.62. The van der Waals surface area contributed by atoms with Gasteiger partial charge in [0.05, 0.1) is 0 Å². The molecule has 0 bridgehead atoms. The van der Waals surface area contributed by atoms with E-state index in [0.29, 0.717) is 17.9 Å². The largest absolute Gasteiger partial charge is 0.340 e. The summed E-state index contributed by atoms with van der Waals surface area (Å²) in [5, 5.41) is 0. The standard InChI is InChI=1S/C16H30N2O/c1-13-7-8-15(11-17)12-18(13)16(19)10-9-14-5-3-2-4-6-14/h13-15H,2-12,17H2,1H3. The summed E-state index contributed by atoms with van der Waals surface area (Å²) in [4.78, 5) is 14.5. The number of hydrogen-bond donors (Lipinski definition) is 1. The van der Waals surface area contributed by atoms with Crippen molar-refractivity contribution in [2.24, 2.45) is 17.6 Å². The number of likely N-dealkylation sites (tertiary alicyclic amines) is 1. The summed E-state index contributed by atoms with van der Waals surface area (Å²) in [7, 11) is 0. The third-order valence-corrected chi connectivity index (χ3v) is 5.12. The molecule has 1 aliphatic heterocycles. The molecule has 1 heterocycles. The molecule has 0 spiro atoms. The van der Waals surface area contributed by atoms with Gasteiger partial charge in [0, 0.05) is 19.0 Å². The predicted octanol–water partition coefficient (Wildman–Crippen LogP) is 2.93. The van der Waals surface area contributed by atoms with Gasteiger partial charge in [-0.15, -0.1) is 0 Å². The van der Waals surface area contributed by atoms with Gasteiger partial charge in [-0.05, 0) is 44.6 Å². The summed E-state index contributed by atoms with van der Waals surface area (Å²) in [5.41, 5.74) is 5.76. The van der Waals surface area contributed by atoms with Crippen molar-refractivity contribution in [3.05, 3.63) is 0 Å². The molecular formula is C16H30N2O. The van der Waals surface area contributed by atoms with Crippen LogP contribution in [0.25, 0.3) is 0 Å². The highest BCUT2D eigenvalue weighted by Gasteiger charge is 2.28. The van der Waals surface area contributed by atoms with E-state index in [9.17, 15) is 4.79 Å². The molecule has 0 radical (unpaired) electrons. The molecule has 110 valence electrons. The highest BCUT2D eigenvalue weighted by molar-refractivity contribution is 5.76. The van der Waals surface area contributed by atoms with Crippen molar-refractivity contribution in [2.75, 3.05) is 13.1 Å². The minimum absolute atomic E-state index is 0.372. The monoisotopic (exact) mass is 266 g/mol. The number of hydrogen-bond acceptors (Lipinski definition) is 2. The molecule has 1 amide bonds. The van der Waals surface area contributed by atoms with E-state index < -0.39 is 0 Å². The average Bonchev–Trinajstić information content (AvgIpc) is 2.46. The first kappa shape index (κ1) is 14.8. The van der Waals surface area contributed by atoms with Crippen LogP contribution in [0, 0.1) is 11.8 Å². The second-order valence-electron chi connectivity index (χ2n) is 6.62. The van der Waals surface area contributed by atoms with Crippen LogP contribution in [0.15, 0.2) is 0 Å². The van der Waals surface area contributed by atoms with Gasteiger partial charge in [0.1, 0.15) is 0 Å². The van der Waals surface area contributed by atoms with Crippen LogP contribution in [0.4, 0.5) is 0 Å². The Morgan fingerprint density at radius 3 is 2.53 bits per heavy atom. The first-order chi connectivity index (χ1) is 9.20. The lowest BCUT2D eigenvalue weighted by Gasteiger charge is -2.38. The van der Waals surface area contributed by atoms with Gasteiger partial charge in [0.25, 0.3) is 0 Å². The van der Waals surface area contributed by atoms with E-state index in [1.807, 2.05) is 0 Å². The molecule has 2 rings (SSSR count). The fraction of sp³-hybridized carbons (Fsp3) is 0.938. The maximum Gasteiger partial charge on any atom is 0.222 e. The molecule has 1 saturated heterocycles. The number of rotatable bonds is 4. The van der Waals surface area contributed by atoms with Crippen molar-refractivity contribution in [3.8, 4) is 0 Å². The summed E-state index contributed by atoms with van der Waals surface area (Å²) >= 11 is 0. The molecule has 19 heavy (non-hydrogen) atoms. The molecule has 1 aliphatic carbocycles. The Labute approximate surface area is 117 Å². The quantitative estimate of drug-likeness (QED) is 0.850. The van der Waals surface area contributed by atoms with Gasteiger partial charge in [-0.25, -0.2) is 0 Å². The van der Waals surface area contributed by atoms with E-state index in [4.69, 9.17) is 5.73 Å². The Morgan fingerprint density at radius 1 is 1.11 bits per heavy atom. The lowest BCUT2D eigenvalue weighted by Crippen LogP contribution is -2.47. The van der Waals surface area contributed by atoms with Crippen LogP contribution in [0.5, 0.6) is 0 Å². The lowest BCUT2D eigenvalue weighted by atomic mass is 9.85. The molecule has 2 N–H and O–H groups in total. The van der Waals surface area contributed by atoms with Crippen LogP contribution in [0.2, 0.25) is 0 Å². The van der Waals surface area contributed by atoms with Crippen LogP contribution in [-0.2, 0) is 4.79 Å². The fourth-order valence-electron chi connectivity index (χ4n) is 3.67. The Bertz CT molecular complexity index is 286. The van der Waals surface area contributed by atoms with Crippen molar-refractivity contribution in [1.29, 1.82) is 0 Å². The Balaban J connectivity index is 1.77. The van der Waals surface area contributed by atoms with E-state index >= 15 is 0 Å². The van der Waals surface area contributed by atoms with Gasteiger partial charge in [-0.2, -0.15) is 0 Å². The molecule has 1 saturated carbocycles. The average molecular weight is 266 g/mol. The van der Waals surface area contributed by atoms with E-state index in [1.165, 1.54) is 38.5 Å². The number of amides is 1. The van der Waals surface area contributed by atoms with Crippen molar-refractivity contribution in [2.45, 2.75) is 70.8 Å². The topological polar surface area (TPSA) is 46.3 Å². The molecule has 0 aromatic rings. The zero-order valence-corrected chi connectivity index (χ0v) is 12.4. The van der Waals surface area contributed by atoms with Crippen molar-refractivity contribution >= 4 is 5.91 Å². The van der Waals surface area contributed by atoms with Gasteiger partial charge in [0.15, 0.2) is 0 Å². The highest BCUT2D eigenvalue weighted by atomic mass is 16.2. The summed E-state index contributed by atoms with van der Waals surface area (Å²) in [6.07, 6.45) is 11.0. The fourth-order valence-corrected chi connectivity index (χ4v) is 3.67. The SMILES string of the molecule is CC1CCC(CN)CN1C(=O)CCC1CCCCC1. The molecule has 2 unspecified atom stereocenters. The normalized spacial score (nSPS) is 29.5. The molecule has 2 aliphatic rings. The molecule has 2 atom stereocenters. The molecule has 3 heteroatoms. The van der Waals surface area contributed by atoms with Crippen LogP contribution in [0.3, 0.4) is 0 Å². The Kier molecular flexibility index (Phi) is 5.68. The van der Waals surface area contributed by atoms with Crippen molar-refractivity contribution < 1.29 is 4.79 Å². The van der Waals surface area contributed by atoms with Gasteiger partial charge in [-0.3, -0.25) is 4.79 Å². The minimum Gasteiger partial charge on any atom is -0.340 e. The third kappa shape index (κ3) is 4.20. The van der Waals surface area contributed by atoms with Crippen molar-refractivity contribution in [1.82, 2.24) is 4.90 Å². The third-order valence-electron chi connectivity index (χ3n) is 5.12. The molecular weight excluding hydrogens is 236 g/mol. The van der Waals surface area contributed by atoms with E-state index in [-0.39, 0.29) is 0 Å². The predicted molar refractivity (Wildman–Crippen MR) is 78.8 cm³/mol. The number of carbonyl (C=O) groups is 1. The minimum atomic E-state index is 0.372. The smallest absolute Gasteiger partial charge is 0.222 e. The van der Waals surface area contributed by atoms with Gasteiger partial charge >= 0.3 is 0 Å². The van der Waals surface area contributed by atoms with Crippen LogP contribution in [-0.4, -0.2) is 29.9 Å². The summed E-state index contributed by atoms with van der Waals surface area (Å²) in [5.74, 6) is 1.70. The van der Waals surface area contributed by atoms with E-state index in [0.717, 1.165) is 38.3 Å².